The molecule has 0 aromatic rings. The lowest BCUT2D eigenvalue weighted by Gasteiger charge is -2.47. The predicted octanol–water partition coefficient (Wildman–Crippen LogP) is 0.694. The number of thioether (sulfide) groups is 1. The van der Waals surface area contributed by atoms with Gasteiger partial charge in [0.25, 0.3) is 0 Å². The van der Waals surface area contributed by atoms with Crippen LogP contribution in [0.5, 0.6) is 0 Å². The normalized spacial score (nSPS) is 45.5. The first-order valence-electron chi connectivity index (χ1n) is 9.85. The van der Waals surface area contributed by atoms with Gasteiger partial charge in [0.1, 0.15) is 11.3 Å². The highest BCUT2D eigenvalue weighted by atomic mass is 32.2. The Morgan fingerprint density at radius 1 is 1.37 bits per heavy atom. The Bertz CT molecular complexity index is 619. The maximum atomic E-state index is 14.6. The zero-order chi connectivity index (χ0) is 19.2. The van der Waals surface area contributed by atoms with Crippen LogP contribution in [0.25, 0.3) is 0 Å². The number of hydrogen-bond donors (Lipinski definition) is 4. The predicted molar refractivity (Wildman–Crippen MR) is 103 cm³/mol. The van der Waals surface area contributed by atoms with Gasteiger partial charge in [-0.3, -0.25) is 25.8 Å². The molecule has 4 N–H and O–H groups in total. The number of fused-ring (bicyclic) bond motifs is 6. The molecule has 0 saturated carbocycles. The van der Waals surface area contributed by atoms with Crippen molar-refractivity contribution in [1.82, 2.24) is 26.0 Å². The van der Waals surface area contributed by atoms with Crippen LogP contribution in [0.2, 0.25) is 0 Å². The molecule has 2 bridgehead atoms. The molecule has 0 radical (unpaired) electrons. The summed E-state index contributed by atoms with van der Waals surface area (Å²) in [4.78, 5) is 13.1. The quantitative estimate of drug-likeness (QED) is 0.517. The number of hydrazine groups is 1. The molecule has 0 aromatic carbocycles. The van der Waals surface area contributed by atoms with Gasteiger partial charge < -0.3 is 5.11 Å². The molecule has 3 saturated heterocycles. The summed E-state index contributed by atoms with van der Waals surface area (Å²) in [5.41, 5.74) is -0.850. The van der Waals surface area contributed by atoms with Crippen molar-refractivity contribution in [2.24, 2.45) is 5.92 Å². The highest BCUT2D eigenvalue weighted by molar-refractivity contribution is 7.99. The first kappa shape index (κ1) is 19.6. The Balaban J connectivity index is 1.68. The Kier molecular flexibility index (Phi) is 5.52. The van der Waals surface area contributed by atoms with Gasteiger partial charge in [-0.15, -0.1) is 11.8 Å². The van der Waals surface area contributed by atoms with Crippen LogP contribution in [-0.2, 0) is 4.79 Å². The van der Waals surface area contributed by atoms with E-state index in [2.05, 4.69) is 16.0 Å². The number of hydrogen-bond acceptors (Lipinski definition) is 7. The summed E-state index contributed by atoms with van der Waals surface area (Å²) in [6.07, 6.45) is 6.94. The van der Waals surface area contributed by atoms with Gasteiger partial charge in [0.05, 0.1) is 30.4 Å². The number of carbonyl (C=O) groups is 1. The van der Waals surface area contributed by atoms with Gasteiger partial charge in [-0.1, -0.05) is 6.08 Å². The summed E-state index contributed by atoms with van der Waals surface area (Å²) in [7, 11) is 0. The van der Waals surface area contributed by atoms with E-state index < -0.39 is 5.60 Å². The second-order valence-electron chi connectivity index (χ2n) is 8.23. The molecular formula is C18H30FN5O2S. The zero-order valence-corrected chi connectivity index (χ0v) is 16.8. The van der Waals surface area contributed by atoms with E-state index in [0.29, 0.717) is 19.4 Å². The molecule has 9 heteroatoms. The van der Waals surface area contributed by atoms with Crippen LogP contribution >= 0.6 is 11.8 Å². The third-order valence-corrected chi connectivity index (χ3v) is 7.12. The molecule has 27 heavy (non-hydrogen) atoms. The van der Waals surface area contributed by atoms with Crippen LogP contribution < -0.4 is 16.0 Å². The molecule has 4 heterocycles. The molecule has 3 fully saturated rings. The second kappa shape index (κ2) is 7.61. The number of halogens is 1. The van der Waals surface area contributed by atoms with Crippen molar-refractivity contribution in [1.29, 1.82) is 0 Å². The topological polar surface area (TPSA) is 79.9 Å². The molecule has 0 aliphatic carbocycles. The second-order valence-corrected chi connectivity index (χ2v) is 9.17. The van der Waals surface area contributed by atoms with Gasteiger partial charge in [-0.05, 0) is 45.3 Å². The molecule has 7 nitrogen and oxygen atoms in total. The third kappa shape index (κ3) is 3.65. The van der Waals surface area contributed by atoms with E-state index in [1.54, 1.807) is 16.8 Å². The van der Waals surface area contributed by atoms with Crippen LogP contribution in [0.1, 0.15) is 39.0 Å². The monoisotopic (exact) mass is 399 g/mol. The zero-order valence-electron chi connectivity index (χ0n) is 15.9. The number of rotatable bonds is 1. The van der Waals surface area contributed by atoms with Gasteiger partial charge in [-0.2, -0.15) is 5.01 Å². The first-order chi connectivity index (χ1) is 12.9. The van der Waals surface area contributed by atoms with Crippen LogP contribution in [0.4, 0.5) is 4.39 Å². The Hall–Kier alpha value is -0.710. The van der Waals surface area contributed by atoms with Gasteiger partial charge in [0.15, 0.2) is 0 Å². The minimum Gasteiger partial charge on any atom is -0.389 e. The molecular weight excluding hydrogens is 369 g/mol. The molecule has 0 spiro atoms. The van der Waals surface area contributed by atoms with Crippen LogP contribution in [0.3, 0.4) is 0 Å². The van der Waals surface area contributed by atoms with Crippen molar-refractivity contribution in [2.75, 3.05) is 19.3 Å². The van der Waals surface area contributed by atoms with E-state index in [1.165, 1.54) is 6.08 Å². The molecule has 6 unspecified atom stereocenters. The highest BCUT2D eigenvalue weighted by Crippen LogP contribution is 2.35. The smallest absolute Gasteiger partial charge is 0.244 e. The van der Waals surface area contributed by atoms with Gasteiger partial charge in [-0.25, -0.2) is 4.39 Å². The standard InChI is InChI=1S/C18H30FN5O2S/c1-18(26)8-4-5-11(19)10-23-16(25)12-9-20-17(27-2)22-15(12)24(23)14-7-3-6-13(18)21-14/h5,12-15,17,20-22,26H,3-4,6-10H2,1-2H3/b11-5+. The summed E-state index contributed by atoms with van der Waals surface area (Å²) in [5.74, 6) is -0.599. The highest BCUT2D eigenvalue weighted by Gasteiger charge is 2.53. The molecule has 1 amide bonds. The molecule has 152 valence electrons. The van der Waals surface area contributed by atoms with Crippen molar-refractivity contribution in [2.45, 2.75) is 68.5 Å². The lowest BCUT2D eigenvalue weighted by atomic mass is 9.85. The summed E-state index contributed by atoms with van der Waals surface area (Å²) in [5, 5.41) is 25.0. The van der Waals surface area contributed by atoms with Crippen LogP contribution in [-0.4, -0.2) is 69.8 Å². The average Bonchev–Trinajstić information content (AvgIpc) is 2.92. The molecule has 4 rings (SSSR count). The summed E-state index contributed by atoms with van der Waals surface area (Å²) < 4.78 is 14.6. The third-order valence-electron chi connectivity index (χ3n) is 6.35. The summed E-state index contributed by atoms with van der Waals surface area (Å²) in [6.45, 7) is 2.37. The van der Waals surface area contributed by atoms with Crippen molar-refractivity contribution < 1.29 is 14.3 Å². The van der Waals surface area contributed by atoms with Crippen molar-refractivity contribution in [3.05, 3.63) is 11.9 Å². The van der Waals surface area contributed by atoms with Gasteiger partial charge in [0.2, 0.25) is 5.91 Å². The minimum atomic E-state index is -0.906. The summed E-state index contributed by atoms with van der Waals surface area (Å²) >= 11 is 1.65. The molecule has 6 atom stereocenters. The van der Waals surface area contributed by atoms with E-state index in [-0.39, 0.29) is 48.1 Å². The number of nitrogens with zero attached hydrogens (tertiary/aromatic N) is 2. The molecule has 4 aliphatic heterocycles. The van der Waals surface area contributed by atoms with E-state index in [1.807, 2.05) is 18.2 Å². The minimum absolute atomic E-state index is 0.0392. The number of aliphatic hydroxyl groups is 1. The number of piperidine rings is 1. The van der Waals surface area contributed by atoms with E-state index in [0.717, 1.165) is 19.3 Å². The molecule has 4 aliphatic rings. The Morgan fingerprint density at radius 3 is 2.96 bits per heavy atom. The lowest BCUT2D eigenvalue weighted by Crippen LogP contribution is -2.67. The lowest BCUT2D eigenvalue weighted by molar-refractivity contribution is -0.147. The average molecular weight is 400 g/mol. The van der Waals surface area contributed by atoms with Crippen molar-refractivity contribution >= 4 is 17.7 Å². The number of allylic oxidation sites excluding steroid dienone is 1. The van der Waals surface area contributed by atoms with E-state index in [9.17, 15) is 14.3 Å². The first-order valence-corrected chi connectivity index (χ1v) is 11.1. The fourth-order valence-electron chi connectivity index (χ4n) is 4.80. The van der Waals surface area contributed by atoms with Crippen molar-refractivity contribution in [3.8, 4) is 0 Å². The van der Waals surface area contributed by atoms with Gasteiger partial charge in [0, 0.05) is 12.6 Å². The summed E-state index contributed by atoms with van der Waals surface area (Å²) in [6, 6.07) is -0.0696. The number of carbonyl (C=O) groups excluding carboxylic acids is 1. The maximum absolute atomic E-state index is 14.6. The van der Waals surface area contributed by atoms with E-state index in [4.69, 9.17) is 0 Å². The largest absolute Gasteiger partial charge is 0.389 e. The SMILES string of the molecule is CSC1NCC2C(=O)N3C/C(F)=C\CCC(C)(O)C4CCCC(N4)N3C2N1. The van der Waals surface area contributed by atoms with Crippen molar-refractivity contribution in [3.63, 3.8) is 0 Å². The fourth-order valence-corrected chi connectivity index (χ4v) is 5.34. The van der Waals surface area contributed by atoms with Gasteiger partial charge >= 0.3 is 0 Å². The Labute approximate surface area is 164 Å². The fraction of sp³-hybridized carbons (Fsp3) is 0.833. The maximum Gasteiger partial charge on any atom is 0.244 e. The Morgan fingerprint density at radius 2 is 2.19 bits per heavy atom. The number of nitrogens with one attached hydrogen (secondary N) is 3. The number of amides is 1. The van der Waals surface area contributed by atoms with Crippen LogP contribution in [0, 0.1) is 5.92 Å². The molecule has 0 aromatic heterocycles. The van der Waals surface area contributed by atoms with Crippen LogP contribution in [0.15, 0.2) is 11.9 Å². The van der Waals surface area contributed by atoms with E-state index >= 15 is 0 Å².